The Morgan fingerprint density at radius 1 is 0.388 bits per heavy atom. The van der Waals surface area contributed by atoms with E-state index in [1.165, 1.54) is 12.1 Å². The standard InChI is InChI=1S/C35H16F10N2O2/c36-23-21(24(37)28(41)31(44)27(23)40)33(48)17-11-13-19(46-17)35(15-7-3-1-4-8-15,16-9-5-2-6-10-16)20-14-12-18(47-20)34(49)22-25(38)29(42)32(45)30(43)26(22)39/h1-14,46-47H. The van der Waals surface area contributed by atoms with E-state index in [1.54, 1.807) is 60.7 Å². The van der Waals surface area contributed by atoms with Crippen molar-refractivity contribution in [2.75, 3.05) is 0 Å². The predicted octanol–water partition coefficient (Wildman–Crippen LogP) is 8.58. The SMILES string of the molecule is O=C(c1ccc(C(c2ccccc2)(c2ccccc2)c2ccc(C(=O)c3c(F)c(F)c(F)c(F)c3F)[nH]2)[nH]1)c1c(F)c(F)c(F)c(F)c1F. The first-order valence-corrected chi connectivity index (χ1v) is 13.9. The number of carbonyl (C=O) groups excluding carboxylic acids is 2. The van der Waals surface area contributed by atoms with Crippen LogP contribution in [-0.4, -0.2) is 21.5 Å². The first-order valence-electron chi connectivity index (χ1n) is 13.9. The van der Waals surface area contributed by atoms with E-state index in [4.69, 9.17) is 0 Å². The highest BCUT2D eigenvalue weighted by Gasteiger charge is 2.42. The van der Waals surface area contributed by atoms with Gasteiger partial charge >= 0.3 is 0 Å². The van der Waals surface area contributed by atoms with Crippen molar-refractivity contribution in [3.63, 3.8) is 0 Å². The number of benzene rings is 4. The molecule has 0 aliphatic rings. The number of carbonyl (C=O) groups is 2. The van der Waals surface area contributed by atoms with Gasteiger partial charge in [-0.1, -0.05) is 60.7 Å². The number of nitrogens with one attached hydrogen (secondary N) is 2. The van der Waals surface area contributed by atoms with E-state index in [9.17, 15) is 53.5 Å². The second kappa shape index (κ2) is 12.3. The zero-order chi connectivity index (χ0) is 35.4. The normalized spacial score (nSPS) is 11.6. The Balaban J connectivity index is 1.58. The third-order valence-corrected chi connectivity index (χ3v) is 7.96. The third-order valence-electron chi connectivity index (χ3n) is 7.96. The van der Waals surface area contributed by atoms with Gasteiger partial charge in [-0.25, -0.2) is 43.9 Å². The maximum absolute atomic E-state index is 14.6. The minimum absolute atomic E-state index is 0.00852. The number of aromatic amines is 2. The lowest BCUT2D eigenvalue weighted by atomic mass is 9.69. The Kier molecular flexibility index (Phi) is 8.26. The van der Waals surface area contributed by atoms with Gasteiger partial charge in [-0.3, -0.25) is 9.59 Å². The highest BCUT2D eigenvalue weighted by atomic mass is 19.2. The van der Waals surface area contributed by atoms with Gasteiger partial charge in [0.05, 0.1) is 11.4 Å². The summed E-state index contributed by atoms with van der Waals surface area (Å²) in [5, 5.41) is 0. The van der Waals surface area contributed by atoms with E-state index >= 15 is 0 Å². The molecule has 4 nitrogen and oxygen atoms in total. The molecule has 4 aromatic carbocycles. The molecule has 0 amide bonds. The lowest BCUT2D eigenvalue weighted by Gasteiger charge is -2.34. The molecule has 14 heteroatoms. The molecule has 2 heterocycles. The lowest BCUT2D eigenvalue weighted by Crippen LogP contribution is -2.32. The van der Waals surface area contributed by atoms with Crippen LogP contribution in [0, 0.1) is 58.2 Å². The number of aromatic nitrogens is 2. The molecule has 0 atom stereocenters. The fraction of sp³-hybridized carbons (Fsp3) is 0.0286. The first kappa shape index (κ1) is 33.0. The summed E-state index contributed by atoms with van der Waals surface area (Å²) in [7, 11) is 0. The Morgan fingerprint density at radius 2 is 0.673 bits per heavy atom. The van der Waals surface area contributed by atoms with Crippen LogP contribution >= 0.6 is 0 Å². The average Bonchev–Trinajstić information content (AvgIpc) is 3.81. The van der Waals surface area contributed by atoms with Crippen molar-refractivity contribution in [1.82, 2.24) is 9.97 Å². The van der Waals surface area contributed by atoms with Crippen molar-refractivity contribution in [1.29, 1.82) is 0 Å². The van der Waals surface area contributed by atoms with Crippen LogP contribution < -0.4 is 0 Å². The topological polar surface area (TPSA) is 65.7 Å². The summed E-state index contributed by atoms with van der Waals surface area (Å²) in [6.45, 7) is 0. The number of ketones is 2. The number of rotatable bonds is 8. The maximum atomic E-state index is 14.6. The third kappa shape index (κ3) is 5.02. The summed E-state index contributed by atoms with van der Waals surface area (Å²) in [5.41, 5.74) is -5.63. The molecule has 6 aromatic rings. The van der Waals surface area contributed by atoms with E-state index in [0.29, 0.717) is 11.1 Å². The summed E-state index contributed by atoms with van der Waals surface area (Å²) in [5.74, 6) is -27.0. The highest BCUT2D eigenvalue weighted by molar-refractivity contribution is 6.09. The van der Waals surface area contributed by atoms with Crippen molar-refractivity contribution in [2.45, 2.75) is 5.41 Å². The average molecular weight is 687 g/mol. The van der Waals surface area contributed by atoms with E-state index < -0.39 is 97.7 Å². The van der Waals surface area contributed by atoms with Crippen molar-refractivity contribution < 1.29 is 53.5 Å². The summed E-state index contributed by atoms with van der Waals surface area (Å²) in [6, 6.07) is 20.6. The molecule has 0 aliphatic carbocycles. The van der Waals surface area contributed by atoms with Crippen LogP contribution in [0.2, 0.25) is 0 Å². The molecule has 0 saturated carbocycles. The molecule has 0 radical (unpaired) electrons. The molecule has 0 bridgehead atoms. The van der Waals surface area contributed by atoms with E-state index in [-0.39, 0.29) is 11.4 Å². The van der Waals surface area contributed by atoms with Crippen molar-refractivity contribution in [3.05, 3.63) is 188 Å². The van der Waals surface area contributed by atoms with Crippen LogP contribution in [0.15, 0.2) is 84.9 Å². The second-order valence-corrected chi connectivity index (χ2v) is 10.6. The number of H-pyrrole nitrogens is 2. The van der Waals surface area contributed by atoms with Gasteiger partial charge in [-0.2, -0.15) is 0 Å². The molecule has 0 spiro atoms. The molecule has 0 unspecified atom stereocenters. The predicted molar refractivity (Wildman–Crippen MR) is 153 cm³/mol. The van der Waals surface area contributed by atoms with Crippen molar-refractivity contribution >= 4 is 11.6 Å². The van der Waals surface area contributed by atoms with Crippen LogP contribution in [0.1, 0.15) is 54.6 Å². The Hall–Kier alpha value is -5.92. The minimum atomic E-state index is -2.46. The van der Waals surface area contributed by atoms with Crippen LogP contribution in [0.5, 0.6) is 0 Å². The quantitative estimate of drug-likeness (QED) is 0.0730. The minimum Gasteiger partial charge on any atom is -0.354 e. The Bertz CT molecular complexity index is 2060. The van der Waals surface area contributed by atoms with Crippen LogP contribution in [0.25, 0.3) is 0 Å². The van der Waals surface area contributed by atoms with E-state index in [2.05, 4.69) is 9.97 Å². The molecule has 2 N–H and O–H groups in total. The van der Waals surface area contributed by atoms with Crippen LogP contribution in [0.3, 0.4) is 0 Å². The number of hydrogen-bond donors (Lipinski definition) is 2. The number of hydrogen-bond acceptors (Lipinski definition) is 2. The van der Waals surface area contributed by atoms with Gasteiger partial charge in [0.2, 0.25) is 23.2 Å². The van der Waals surface area contributed by atoms with E-state index in [1.807, 2.05) is 0 Å². The molecular formula is C35H16F10N2O2. The maximum Gasteiger partial charge on any atom is 0.215 e. The van der Waals surface area contributed by atoms with Crippen molar-refractivity contribution in [3.8, 4) is 0 Å². The van der Waals surface area contributed by atoms with Crippen LogP contribution in [-0.2, 0) is 5.41 Å². The van der Waals surface area contributed by atoms with Gasteiger partial charge < -0.3 is 9.97 Å². The number of halogens is 10. The molecule has 6 rings (SSSR count). The van der Waals surface area contributed by atoms with Gasteiger partial charge in [-0.15, -0.1) is 0 Å². The fourth-order valence-corrected chi connectivity index (χ4v) is 5.68. The van der Waals surface area contributed by atoms with Gasteiger partial charge in [-0.05, 0) is 35.4 Å². The molecular weight excluding hydrogens is 670 g/mol. The van der Waals surface area contributed by atoms with Gasteiger partial charge in [0.25, 0.3) is 0 Å². The monoisotopic (exact) mass is 686 g/mol. The van der Waals surface area contributed by atoms with Gasteiger partial charge in [0.15, 0.2) is 46.5 Å². The van der Waals surface area contributed by atoms with Gasteiger partial charge in [0, 0.05) is 11.4 Å². The first-order chi connectivity index (χ1) is 23.3. The van der Waals surface area contributed by atoms with Crippen LogP contribution in [0.4, 0.5) is 43.9 Å². The smallest absolute Gasteiger partial charge is 0.215 e. The van der Waals surface area contributed by atoms with Crippen molar-refractivity contribution in [2.24, 2.45) is 0 Å². The van der Waals surface area contributed by atoms with E-state index in [0.717, 1.165) is 12.1 Å². The largest absolute Gasteiger partial charge is 0.354 e. The molecule has 248 valence electrons. The molecule has 0 aliphatic heterocycles. The zero-order valence-corrected chi connectivity index (χ0v) is 24.2. The Morgan fingerprint density at radius 3 is 0.980 bits per heavy atom. The summed E-state index contributed by atoms with van der Waals surface area (Å²) >= 11 is 0. The summed E-state index contributed by atoms with van der Waals surface area (Å²) in [6.07, 6.45) is 0. The second-order valence-electron chi connectivity index (χ2n) is 10.6. The molecule has 49 heavy (non-hydrogen) atoms. The summed E-state index contributed by atoms with van der Waals surface area (Å²) in [4.78, 5) is 31.9. The molecule has 2 aromatic heterocycles. The fourth-order valence-electron chi connectivity index (χ4n) is 5.68. The highest BCUT2D eigenvalue weighted by Crippen LogP contribution is 2.44. The molecule has 0 saturated heterocycles. The zero-order valence-electron chi connectivity index (χ0n) is 24.2. The molecule has 0 fully saturated rings. The lowest BCUT2D eigenvalue weighted by molar-refractivity contribution is 0.101. The Labute approximate surface area is 268 Å². The van der Waals surface area contributed by atoms with Gasteiger partial charge in [0.1, 0.15) is 16.5 Å². The summed E-state index contributed by atoms with van der Waals surface area (Å²) < 4.78 is 142.